The van der Waals surface area contributed by atoms with Crippen LogP contribution in [0.1, 0.15) is 17.3 Å². The molecule has 1 saturated heterocycles. The number of aliphatic imine (C=N–C) groups is 1. The number of hydrogen-bond donors (Lipinski definition) is 2. The van der Waals surface area contributed by atoms with Gasteiger partial charge in [-0.25, -0.2) is 4.99 Å². The standard InChI is InChI=1S/C16H24ClN5O2Si/c1-25(2,3)5-4-23-10-22-7-11(6-18)13-14(19-12-8-24-9-12)20-16(17)21-15(13)22/h7,12,14,19H,4-5,8-10H2,1-3H3,(H,20,21). The summed E-state index contributed by atoms with van der Waals surface area (Å²) in [7, 11) is -1.13. The second kappa shape index (κ2) is 7.48. The van der Waals surface area contributed by atoms with Crippen LogP contribution in [-0.2, 0) is 16.2 Å². The smallest absolute Gasteiger partial charge is 0.198 e. The maximum Gasteiger partial charge on any atom is 0.198 e. The molecule has 0 bridgehead atoms. The van der Waals surface area contributed by atoms with E-state index in [0.29, 0.717) is 37.4 Å². The molecule has 136 valence electrons. The van der Waals surface area contributed by atoms with Gasteiger partial charge >= 0.3 is 0 Å². The van der Waals surface area contributed by atoms with Crippen LogP contribution in [0.3, 0.4) is 0 Å². The lowest BCUT2D eigenvalue weighted by Gasteiger charge is -2.32. The number of amidine groups is 1. The number of ether oxygens (including phenoxy) is 2. The Bertz CT molecular complexity index is 703. The van der Waals surface area contributed by atoms with Crippen LogP contribution in [0, 0.1) is 11.3 Å². The first-order chi connectivity index (χ1) is 11.9. The summed E-state index contributed by atoms with van der Waals surface area (Å²) in [5, 5.41) is 16.3. The minimum Gasteiger partial charge on any atom is -0.378 e. The number of nitrogens with zero attached hydrogens (tertiary/aromatic N) is 3. The van der Waals surface area contributed by atoms with Crippen molar-refractivity contribution in [2.75, 3.05) is 25.1 Å². The molecule has 3 heterocycles. The highest BCUT2D eigenvalue weighted by Gasteiger charge is 2.31. The minimum absolute atomic E-state index is 0.229. The SMILES string of the molecule is C[Si](C)(C)CCOCn1cc(C#N)c2c1NC(Cl)=NC2NC1COC1. The van der Waals surface area contributed by atoms with Gasteiger partial charge in [0.2, 0.25) is 0 Å². The van der Waals surface area contributed by atoms with E-state index in [9.17, 15) is 5.26 Å². The Labute approximate surface area is 154 Å². The average Bonchev–Trinajstić information content (AvgIpc) is 2.84. The van der Waals surface area contributed by atoms with E-state index in [2.05, 4.69) is 41.3 Å². The number of fused-ring (bicyclic) bond motifs is 1. The lowest BCUT2D eigenvalue weighted by molar-refractivity contribution is -0.00974. The van der Waals surface area contributed by atoms with Crippen LogP contribution in [0.4, 0.5) is 5.82 Å². The Hall–Kier alpha value is -1.37. The number of rotatable bonds is 7. The Balaban J connectivity index is 1.75. The zero-order valence-electron chi connectivity index (χ0n) is 14.8. The predicted octanol–water partition coefficient (Wildman–Crippen LogP) is 2.68. The van der Waals surface area contributed by atoms with Crippen molar-refractivity contribution in [2.45, 2.75) is 44.6 Å². The zero-order valence-corrected chi connectivity index (χ0v) is 16.6. The maximum absolute atomic E-state index is 9.51. The van der Waals surface area contributed by atoms with E-state index in [1.807, 2.05) is 4.57 Å². The van der Waals surface area contributed by atoms with Crippen molar-refractivity contribution in [3.63, 3.8) is 0 Å². The van der Waals surface area contributed by atoms with Crippen LogP contribution < -0.4 is 10.6 Å². The van der Waals surface area contributed by atoms with Crippen molar-refractivity contribution in [1.29, 1.82) is 5.26 Å². The molecule has 0 spiro atoms. The number of nitriles is 1. The van der Waals surface area contributed by atoms with Gasteiger partial charge in [0.25, 0.3) is 0 Å². The first kappa shape index (κ1) is 18.4. The van der Waals surface area contributed by atoms with Crippen molar-refractivity contribution in [3.8, 4) is 6.07 Å². The van der Waals surface area contributed by atoms with Gasteiger partial charge in [-0.05, 0) is 17.6 Å². The highest BCUT2D eigenvalue weighted by Crippen LogP contribution is 2.34. The monoisotopic (exact) mass is 381 g/mol. The normalized spacial score (nSPS) is 20.3. The number of hydrogen-bond acceptors (Lipinski definition) is 6. The molecule has 9 heteroatoms. The third-order valence-corrected chi connectivity index (χ3v) is 6.13. The van der Waals surface area contributed by atoms with Gasteiger partial charge in [0.15, 0.2) is 5.29 Å². The fourth-order valence-corrected chi connectivity index (χ4v) is 3.65. The molecule has 1 atom stereocenters. The third-order valence-electron chi connectivity index (χ3n) is 4.23. The summed E-state index contributed by atoms with van der Waals surface area (Å²) in [6.45, 7) is 9.35. The van der Waals surface area contributed by atoms with Crippen LogP contribution >= 0.6 is 11.6 Å². The van der Waals surface area contributed by atoms with Gasteiger partial charge in [-0.15, -0.1) is 0 Å². The molecular formula is C16H24ClN5O2Si. The van der Waals surface area contributed by atoms with Crippen molar-refractivity contribution < 1.29 is 9.47 Å². The third kappa shape index (κ3) is 4.43. The molecule has 2 N–H and O–H groups in total. The van der Waals surface area contributed by atoms with Crippen LogP contribution in [0.15, 0.2) is 11.2 Å². The minimum atomic E-state index is -1.13. The summed E-state index contributed by atoms with van der Waals surface area (Å²) >= 11 is 6.17. The van der Waals surface area contributed by atoms with Crippen LogP contribution in [0.2, 0.25) is 25.7 Å². The highest BCUT2D eigenvalue weighted by atomic mass is 35.5. The summed E-state index contributed by atoms with van der Waals surface area (Å²) in [5.41, 5.74) is 1.38. The molecule has 25 heavy (non-hydrogen) atoms. The Morgan fingerprint density at radius 3 is 2.88 bits per heavy atom. The summed E-state index contributed by atoms with van der Waals surface area (Å²) < 4.78 is 12.9. The lowest BCUT2D eigenvalue weighted by Crippen LogP contribution is -2.47. The summed E-state index contributed by atoms with van der Waals surface area (Å²) in [6, 6.07) is 3.58. The molecule has 0 saturated carbocycles. The predicted molar refractivity (Wildman–Crippen MR) is 101 cm³/mol. The topological polar surface area (TPSA) is 83.6 Å². The number of aromatic nitrogens is 1. The van der Waals surface area contributed by atoms with Gasteiger partial charge in [0.1, 0.15) is 24.8 Å². The van der Waals surface area contributed by atoms with Crippen LogP contribution in [0.5, 0.6) is 0 Å². The quantitative estimate of drug-likeness (QED) is 0.431. The summed E-state index contributed by atoms with van der Waals surface area (Å²) in [4.78, 5) is 4.40. The molecular weight excluding hydrogens is 358 g/mol. The lowest BCUT2D eigenvalue weighted by atomic mass is 10.1. The molecule has 1 fully saturated rings. The number of nitrogens with one attached hydrogen (secondary N) is 2. The summed E-state index contributed by atoms with van der Waals surface area (Å²) in [5.74, 6) is 0.766. The second-order valence-corrected chi connectivity index (χ2v) is 13.6. The molecule has 2 aliphatic rings. The fraction of sp³-hybridized carbons (Fsp3) is 0.625. The van der Waals surface area contributed by atoms with Crippen molar-refractivity contribution in [1.82, 2.24) is 9.88 Å². The Morgan fingerprint density at radius 2 is 2.28 bits per heavy atom. The first-order valence-corrected chi connectivity index (χ1v) is 12.5. The van der Waals surface area contributed by atoms with Crippen LogP contribution in [0.25, 0.3) is 0 Å². The number of halogens is 1. The molecule has 1 unspecified atom stereocenters. The van der Waals surface area contributed by atoms with E-state index in [1.165, 1.54) is 0 Å². The van der Waals surface area contributed by atoms with Crippen molar-refractivity contribution >= 4 is 30.8 Å². The molecule has 3 rings (SSSR count). The van der Waals surface area contributed by atoms with Gasteiger partial charge in [-0.1, -0.05) is 19.6 Å². The number of anilines is 1. The van der Waals surface area contributed by atoms with Crippen molar-refractivity contribution in [3.05, 3.63) is 17.3 Å². The molecule has 7 nitrogen and oxygen atoms in total. The maximum atomic E-state index is 9.51. The van der Waals surface area contributed by atoms with Gasteiger partial charge < -0.3 is 19.4 Å². The van der Waals surface area contributed by atoms with Gasteiger partial charge in [-0.3, -0.25) is 5.32 Å². The van der Waals surface area contributed by atoms with Gasteiger partial charge in [-0.2, -0.15) is 5.26 Å². The molecule has 1 aromatic rings. The molecule has 0 aromatic carbocycles. The average molecular weight is 382 g/mol. The molecule has 0 amide bonds. The molecule has 0 aliphatic carbocycles. The van der Waals surface area contributed by atoms with E-state index < -0.39 is 8.07 Å². The van der Waals surface area contributed by atoms with E-state index in [4.69, 9.17) is 21.1 Å². The largest absolute Gasteiger partial charge is 0.378 e. The summed E-state index contributed by atoms with van der Waals surface area (Å²) in [6.07, 6.45) is 1.44. The molecule has 0 radical (unpaired) electrons. The highest BCUT2D eigenvalue weighted by molar-refractivity contribution is 6.76. The van der Waals surface area contributed by atoms with Gasteiger partial charge in [0.05, 0.1) is 30.4 Å². The Kier molecular flexibility index (Phi) is 5.51. The first-order valence-electron chi connectivity index (χ1n) is 8.42. The second-order valence-electron chi connectivity index (χ2n) is 7.58. The van der Waals surface area contributed by atoms with E-state index in [1.54, 1.807) is 6.20 Å². The fourth-order valence-electron chi connectivity index (χ4n) is 2.70. The van der Waals surface area contributed by atoms with E-state index >= 15 is 0 Å². The van der Waals surface area contributed by atoms with Gasteiger partial charge in [0, 0.05) is 20.9 Å². The van der Waals surface area contributed by atoms with E-state index in [0.717, 1.165) is 17.4 Å². The van der Waals surface area contributed by atoms with Crippen molar-refractivity contribution in [2.24, 2.45) is 4.99 Å². The zero-order chi connectivity index (χ0) is 18.0. The molecule has 2 aliphatic heterocycles. The van der Waals surface area contributed by atoms with Crippen LogP contribution in [-0.4, -0.2) is 43.8 Å². The Morgan fingerprint density at radius 1 is 1.52 bits per heavy atom. The molecule has 1 aromatic heterocycles. The van der Waals surface area contributed by atoms with E-state index in [-0.39, 0.29) is 12.2 Å².